The van der Waals surface area contributed by atoms with Gasteiger partial charge in [-0.15, -0.1) is 0 Å². The molecule has 26 heavy (non-hydrogen) atoms. The Hall–Kier alpha value is -3.46. The van der Waals surface area contributed by atoms with Crippen molar-refractivity contribution in [2.45, 2.75) is 6.92 Å². The van der Waals surface area contributed by atoms with Crippen LogP contribution in [0.25, 0.3) is 34.1 Å². The molecule has 3 heteroatoms. The molecule has 0 saturated heterocycles. The second kappa shape index (κ2) is 6.81. The molecular formula is C23H18N2O. The van der Waals surface area contributed by atoms with Crippen LogP contribution >= 0.6 is 0 Å². The zero-order valence-electron chi connectivity index (χ0n) is 14.4. The number of hydrogen-bond donors (Lipinski definition) is 1. The van der Waals surface area contributed by atoms with Crippen molar-refractivity contribution in [2.24, 2.45) is 0 Å². The number of aryl methyl sites for hydroxylation is 1. The minimum Gasteiger partial charge on any atom is -0.507 e. The number of aliphatic hydroxyl groups excluding tert-OH is 1. The summed E-state index contributed by atoms with van der Waals surface area (Å²) >= 11 is 0. The maximum Gasteiger partial charge on any atom is 0.125 e. The van der Waals surface area contributed by atoms with E-state index in [1.165, 1.54) is 5.56 Å². The molecule has 3 nitrogen and oxygen atoms in total. The zero-order valence-corrected chi connectivity index (χ0v) is 14.4. The van der Waals surface area contributed by atoms with Crippen LogP contribution < -0.4 is 0 Å². The third-order valence-corrected chi connectivity index (χ3v) is 4.27. The van der Waals surface area contributed by atoms with Crippen LogP contribution in [0.15, 0.2) is 78.9 Å². The summed E-state index contributed by atoms with van der Waals surface area (Å²) in [4.78, 5) is 9.54. The number of para-hydroxylation sites is 2. The highest BCUT2D eigenvalue weighted by Crippen LogP contribution is 2.26. The zero-order chi connectivity index (χ0) is 17.9. The van der Waals surface area contributed by atoms with Crippen molar-refractivity contribution in [3.63, 3.8) is 0 Å². The van der Waals surface area contributed by atoms with Gasteiger partial charge >= 0.3 is 0 Å². The van der Waals surface area contributed by atoms with Crippen LogP contribution in [0.3, 0.4) is 0 Å². The average molecular weight is 338 g/mol. The Balaban J connectivity index is 1.91. The molecule has 0 fully saturated rings. The van der Waals surface area contributed by atoms with E-state index >= 15 is 0 Å². The Bertz CT molecular complexity index is 1080. The van der Waals surface area contributed by atoms with Crippen LogP contribution in [-0.4, -0.2) is 15.1 Å². The highest BCUT2D eigenvalue weighted by molar-refractivity contribution is 5.86. The van der Waals surface area contributed by atoms with Crippen LogP contribution in [-0.2, 0) is 0 Å². The lowest BCUT2D eigenvalue weighted by Crippen LogP contribution is -1.96. The van der Waals surface area contributed by atoms with Crippen LogP contribution in [0.5, 0.6) is 0 Å². The molecule has 126 valence electrons. The van der Waals surface area contributed by atoms with Crippen LogP contribution in [0, 0.1) is 6.92 Å². The molecule has 0 aliphatic carbocycles. The van der Waals surface area contributed by atoms with Crippen LogP contribution in [0.1, 0.15) is 16.8 Å². The average Bonchev–Trinajstić information content (AvgIpc) is 2.69. The molecule has 0 aliphatic rings. The topological polar surface area (TPSA) is 46.0 Å². The van der Waals surface area contributed by atoms with Gasteiger partial charge < -0.3 is 5.11 Å². The van der Waals surface area contributed by atoms with Gasteiger partial charge in [0.25, 0.3) is 0 Å². The molecule has 0 bridgehead atoms. The van der Waals surface area contributed by atoms with Gasteiger partial charge in [-0.25, -0.2) is 9.97 Å². The first-order chi connectivity index (χ1) is 12.7. The van der Waals surface area contributed by atoms with Gasteiger partial charge in [0.2, 0.25) is 0 Å². The molecule has 0 aliphatic heterocycles. The van der Waals surface area contributed by atoms with Crippen molar-refractivity contribution >= 4 is 22.9 Å². The van der Waals surface area contributed by atoms with Crippen molar-refractivity contribution in [2.75, 3.05) is 0 Å². The van der Waals surface area contributed by atoms with Gasteiger partial charge in [0.1, 0.15) is 5.76 Å². The number of nitrogens with zero attached hydrogens (tertiary/aromatic N) is 2. The van der Waals surface area contributed by atoms with Crippen molar-refractivity contribution in [3.05, 3.63) is 95.7 Å². The van der Waals surface area contributed by atoms with E-state index in [4.69, 9.17) is 9.97 Å². The summed E-state index contributed by atoms with van der Waals surface area (Å²) in [6.45, 7) is 2.05. The van der Waals surface area contributed by atoms with Gasteiger partial charge in [0.15, 0.2) is 0 Å². The monoisotopic (exact) mass is 338 g/mol. The summed E-state index contributed by atoms with van der Waals surface area (Å²) in [5.74, 6) is 0.170. The number of hydrogen-bond acceptors (Lipinski definition) is 3. The smallest absolute Gasteiger partial charge is 0.125 e. The van der Waals surface area contributed by atoms with Crippen molar-refractivity contribution in [1.29, 1.82) is 0 Å². The number of aromatic nitrogens is 2. The third-order valence-electron chi connectivity index (χ3n) is 4.27. The Kier molecular flexibility index (Phi) is 4.20. The Morgan fingerprint density at radius 1 is 0.769 bits per heavy atom. The summed E-state index contributed by atoms with van der Waals surface area (Å²) in [5.41, 5.74) is 5.94. The Morgan fingerprint density at radius 3 is 2.08 bits per heavy atom. The van der Waals surface area contributed by atoms with E-state index in [2.05, 4.69) is 19.1 Å². The molecule has 0 atom stereocenters. The normalized spacial score (nSPS) is 11.7. The molecule has 0 saturated carbocycles. The van der Waals surface area contributed by atoms with E-state index in [-0.39, 0.29) is 5.76 Å². The first-order valence-corrected chi connectivity index (χ1v) is 8.50. The minimum atomic E-state index is 0.170. The predicted molar refractivity (Wildman–Crippen MR) is 107 cm³/mol. The first kappa shape index (κ1) is 16.0. The SMILES string of the molecule is Cc1ccc(-c2nc3ccccc3nc2/C=C(\O)c2ccccc2)cc1. The first-order valence-electron chi connectivity index (χ1n) is 8.50. The maximum absolute atomic E-state index is 10.6. The molecule has 0 amide bonds. The number of benzene rings is 3. The van der Waals surface area contributed by atoms with E-state index in [0.717, 1.165) is 27.9 Å². The van der Waals surface area contributed by atoms with E-state index in [9.17, 15) is 5.11 Å². The van der Waals surface area contributed by atoms with Gasteiger partial charge in [0.05, 0.1) is 22.4 Å². The fourth-order valence-corrected chi connectivity index (χ4v) is 2.86. The number of fused-ring (bicyclic) bond motifs is 1. The fraction of sp³-hybridized carbons (Fsp3) is 0.0435. The molecule has 4 rings (SSSR count). The second-order valence-corrected chi connectivity index (χ2v) is 6.21. The van der Waals surface area contributed by atoms with Gasteiger partial charge in [0, 0.05) is 17.2 Å². The van der Waals surface area contributed by atoms with E-state index in [1.54, 1.807) is 6.08 Å². The van der Waals surface area contributed by atoms with Gasteiger partial charge in [-0.2, -0.15) is 0 Å². The number of rotatable bonds is 3. The third kappa shape index (κ3) is 3.20. The highest BCUT2D eigenvalue weighted by atomic mass is 16.3. The predicted octanol–water partition coefficient (Wildman–Crippen LogP) is 5.66. The minimum absolute atomic E-state index is 0.170. The van der Waals surface area contributed by atoms with E-state index < -0.39 is 0 Å². The van der Waals surface area contributed by atoms with Crippen LogP contribution in [0.4, 0.5) is 0 Å². The van der Waals surface area contributed by atoms with Gasteiger partial charge in [-0.05, 0) is 19.1 Å². The molecule has 3 aromatic carbocycles. The molecular weight excluding hydrogens is 320 g/mol. The fourth-order valence-electron chi connectivity index (χ4n) is 2.86. The lowest BCUT2D eigenvalue weighted by Gasteiger charge is -2.09. The Labute approximate surface area is 152 Å². The summed E-state index contributed by atoms with van der Waals surface area (Å²) in [6.07, 6.45) is 1.68. The summed E-state index contributed by atoms with van der Waals surface area (Å²) < 4.78 is 0. The van der Waals surface area contributed by atoms with Crippen molar-refractivity contribution in [1.82, 2.24) is 9.97 Å². The molecule has 0 spiro atoms. The molecule has 4 aromatic rings. The van der Waals surface area contributed by atoms with Crippen molar-refractivity contribution in [3.8, 4) is 11.3 Å². The lowest BCUT2D eigenvalue weighted by atomic mass is 10.1. The standard InChI is InChI=1S/C23H18N2O/c1-16-11-13-18(14-12-16)23-21(15-22(26)17-7-3-2-4-8-17)24-19-9-5-6-10-20(19)25-23/h2-15,26H,1H3/b22-15-. The van der Waals surface area contributed by atoms with E-state index in [1.807, 2.05) is 66.7 Å². The molecule has 0 unspecified atom stereocenters. The molecule has 1 heterocycles. The molecule has 0 radical (unpaired) electrons. The largest absolute Gasteiger partial charge is 0.507 e. The van der Waals surface area contributed by atoms with Gasteiger partial charge in [-0.3, -0.25) is 0 Å². The second-order valence-electron chi connectivity index (χ2n) is 6.21. The lowest BCUT2D eigenvalue weighted by molar-refractivity contribution is 0.515. The van der Waals surface area contributed by atoms with Crippen LogP contribution in [0.2, 0.25) is 0 Å². The molecule has 1 aromatic heterocycles. The quantitative estimate of drug-likeness (QED) is 0.490. The highest BCUT2D eigenvalue weighted by Gasteiger charge is 2.11. The summed E-state index contributed by atoms with van der Waals surface area (Å²) in [6, 6.07) is 25.4. The maximum atomic E-state index is 10.6. The summed E-state index contributed by atoms with van der Waals surface area (Å²) in [7, 11) is 0. The van der Waals surface area contributed by atoms with E-state index in [0.29, 0.717) is 5.69 Å². The summed E-state index contributed by atoms with van der Waals surface area (Å²) in [5, 5.41) is 10.6. The van der Waals surface area contributed by atoms with Gasteiger partial charge in [-0.1, -0.05) is 72.3 Å². The molecule has 1 N–H and O–H groups in total. The Morgan fingerprint density at radius 2 is 1.38 bits per heavy atom. The van der Waals surface area contributed by atoms with Crippen molar-refractivity contribution < 1.29 is 5.11 Å². The number of aliphatic hydroxyl groups is 1.